The van der Waals surface area contributed by atoms with E-state index < -0.39 is 0 Å². The van der Waals surface area contributed by atoms with Gasteiger partial charge in [-0.05, 0) is 17.7 Å². The Balaban J connectivity index is 2.11. The molecule has 0 N–H and O–H groups in total. The molecular weight excluding hydrogens is 202 g/mol. The summed E-state index contributed by atoms with van der Waals surface area (Å²) in [4.78, 5) is 15.8. The summed E-state index contributed by atoms with van der Waals surface area (Å²) in [6.45, 7) is 0. The lowest BCUT2D eigenvalue weighted by atomic mass is 10.0. The van der Waals surface area contributed by atoms with Gasteiger partial charge in [-0.2, -0.15) is 0 Å². The molecule has 0 bridgehead atoms. The van der Waals surface area contributed by atoms with Crippen LogP contribution in [0.25, 0.3) is 0 Å². The van der Waals surface area contributed by atoms with E-state index in [1.807, 2.05) is 30.3 Å². The fourth-order valence-corrected chi connectivity index (χ4v) is 1.88. The van der Waals surface area contributed by atoms with Gasteiger partial charge in [-0.15, -0.1) is 0 Å². The third-order valence-corrected chi connectivity index (χ3v) is 2.63. The number of aromatic nitrogens is 1. The number of esters is 1. The quantitative estimate of drug-likeness (QED) is 0.679. The molecule has 0 fully saturated rings. The van der Waals surface area contributed by atoms with Gasteiger partial charge in [0.05, 0.1) is 5.56 Å². The number of rotatable bonds is 1. The molecule has 1 aromatic carbocycles. The number of benzene rings is 1. The Morgan fingerprint density at radius 3 is 2.69 bits per heavy atom. The van der Waals surface area contributed by atoms with Gasteiger partial charge in [0.25, 0.3) is 0 Å². The number of hydrogen-bond acceptors (Lipinski definition) is 3. The van der Waals surface area contributed by atoms with Gasteiger partial charge in [0, 0.05) is 6.20 Å². The fraction of sp³-hybridized carbons (Fsp3) is 0.0769. The van der Waals surface area contributed by atoms with Crippen molar-refractivity contribution in [1.29, 1.82) is 0 Å². The summed E-state index contributed by atoms with van der Waals surface area (Å²) in [5.41, 5.74) is 2.23. The highest BCUT2D eigenvalue weighted by molar-refractivity contribution is 5.93. The smallest absolute Gasteiger partial charge is 0.341 e. The Hall–Kier alpha value is -2.16. The molecule has 0 saturated heterocycles. The number of hydrogen-bond donors (Lipinski definition) is 0. The molecule has 1 aliphatic rings. The molecule has 0 radical (unpaired) electrons. The zero-order chi connectivity index (χ0) is 11.0. The Bertz CT molecular complexity index is 537. The van der Waals surface area contributed by atoms with Crippen molar-refractivity contribution >= 4 is 5.97 Å². The lowest BCUT2D eigenvalue weighted by Gasteiger charge is -2.09. The molecule has 1 aliphatic heterocycles. The molecule has 1 atom stereocenters. The maximum atomic E-state index is 11.6. The molecule has 0 aliphatic carbocycles. The second kappa shape index (κ2) is 3.45. The minimum absolute atomic E-state index is 0.294. The van der Waals surface area contributed by atoms with Crippen molar-refractivity contribution in [1.82, 2.24) is 4.98 Å². The highest BCUT2D eigenvalue weighted by Crippen LogP contribution is 2.33. The van der Waals surface area contributed by atoms with Crippen molar-refractivity contribution in [3.63, 3.8) is 0 Å². The standard InChI is InChI=1S/C13H9NO2/c15-13-10-7-4-8-14-11(10)12(16-13)9-5-2-1-3-6-9/h1-8,12H. The summed E-state index contributed by atoms with van der Waals surface area (Å²) in [7, 11) is 0. The number of carbonyl (C=O) groups is 1. The molecule has 3 rings (SSSR count). The molecule has 0 spiro atoms. The van der Waals surface area contributed by atoms with Crippen LogP contribution in [0.2, 0.25) is 0 Å². The molecule has 16 heavy (non-hydrogen) atoms. The number of carbonyl (C=O) groups excluding carboxylic acids is 1. The topological polar surface area (TPSA) is 39.2 Å². The number of fused-ring (bicyclic) bond motifs is 1. The second-order valence-electron chi connectivity index (χ2n) is 3.63. The minimum Gasteiger partial charge on any atom is -0.447 e. The van der Waals surface area contributed by atoms with E-state index in [1.165, 1.54) is 0 Å². The third-order valence-electron chi connectivity index (χ3n) is 2.63. The van der Waals surface area contributed by atoms with E-state index in [1.54, 1.807) is 18.3 Å². The van der Waals surface area contributed by atoms with Crippen LogP contribution in [0, 0.1) is 0 Å². The second-order valence-corrected chi connectivity index (χ2v) is 3.63. The van der Waals surface area contributed by atoms with Gasteiger partial charge in [-0.3, -0.25) is 4.98 Å². The highest BCUT2D eigenvalue weighted by Gasteiger charge is 2.32. The number of cyclic esters (lactones) is 1. The third kappa shape index (κ3) is 1.29. The van der Waals surface area contributed by atoms with E-state index >= 15 is 0 Å². The van der Waals surface area contributed by atoms with Gasteiger partial charge in [0.2, 0.25) is 0 Å². The van der Waals surface area contributed by atoms with E-state index in [-0.39, 0.29) is 12.1 Å². The Kier molecular flexibility index (Phi) is 1.96. The average molecular weight is 211 g/mol. The van der Waals surface area contributed by atoms with Crippen molar-refractivity contribution < 1.29 is 9.53 Å². The van der Waals surface area contributed by atoms with Crippen LogP contribution in [0.3, 0.4) is 0 Å². The number of ether oxygens (including phenoxy) is 1. The van der Waals surface area contributed by atoms with Crippen LogP contribution in [-0.2, 0) is 4.74 Å². The average Bonchev–Trinajstić information content (AvgIpc) is 2.69. The Labute approximate surface area is 92.7 Å². The molecule has 0 saturated carbocycles. The van der Waals surface area contributed by atoms with Gasteiger partial charge in [-0.1, -0.05) is 30.3 Å². The van der Waals surface area contributed by atoms with Crippen molar-refractivity contribution in [3.8, 4) is 0 Å². The molecule has 2 heterocycles. The Morgan fingerprint density at radius 1 is 1.06 bits per heavy atom. The van der Waals surface area contributed by atoms with Crippen LogP contribution >= 0.6 is 0 Å². The highest BCUT2D eigenvalue weighted by atomic mass is 16.5. The normalized spacial score (nSPS) is 18.0. The first-order chi connectivity index (χ1) is 7.86. The van der Waals surface area contributed by atoms with Gasteiger partial charge in [0.15, 0.2) is 6.10 Å². The monoisotopic (exact) mass is 211 g/mol. The maximum Gasteiger partial charge on any atom is 0.341 e. The van der Waals surface area contributed by atoms with Crippen molar-refractivity contribution in [2.24, 2.45) is 0 Å². The van der Waals surface area contributed by atoms with Crippen molar-refractivity contribution in [3.05, 3.63) is 65.5 Å². The van der Waals surface area contributed by atoms with Gasteiger partial charge in [0.1, 0.15) is 5.69 Å². The molecule has 2 aromatic rings. The SMILES string of the molecule is O=C1OC(c2ccccc2)c2ncccc21. The summed E-state index contributed by atoms with van der Waals surface area (Å²) in [6.07, 6.45) is 1.32. The van der Waals surface area contributed by atoms with E-state index in [4.69, 9.17) is 4.74 Å². The predicted molar refractivity (Wildman–Crippen MR) is 57.9 cm³/mol. The van der Waals surface area contributed by atoms with Crippen LogP contribution in [0.1, 0.15) is 27.7 Å². The lowest BCUT2D eigenvalue weighted by molar-refractivity contribution is 0.0452. The maximum absolute atomic E-state index is 11.6. The van der Waals surface area contributed by atoms with Gasteiger partial charge >= 0.3 is 5.97 Å². The molecule has 1 unspecified atom stereocenters. The van der Waals surface area contributed by atoms with Gasteiger partial charge in [-0.25, -0.2) is 4.79 Å². The first-order valence-corrected chi connectivity index (χ1v) is 5.07. The molecule has 3 heteroatoms. The summed E-state index contributed by atoms with van der Waals surface area (Å²) >= 11 is 0. The summed E-state index contributed by atoms with van der Waals surface area (Å²) < 4.78 is 5.32. The van der Waals surface area contributed by atoms with E-state index in [0.29, 0.717) is 11.3 Å². The first kappa shape index (κ1) is 9.09. The van der Waals surface area contributed by atoms with Crippen LogP contribution in [0.15, 0.2) is 48.7 Å². The molecule has 3 nitrogen and oxygen atoms in total. The van der Waals surface area contributed by atoms with Crippen molar-refractivity contribution in [2.75, 3.05) is 0 Å². The number of pyridine rings is 1. The van der Waals surface area contributed by atoms with Crippen LogP contribution in [0.4, 0.5) is 0 Å². The zero-order valence-electron chi connectivity index (χ0n) is 8.46. The Morgan fingerprint density at radius 2 is 1.88 bits per heavy atom. The summed E-state index contributed by atoms with van der Waals surface area (Å²) in [6, 6.07) is 13.1. The predicted octanol–water partition coefficient (Wildman–Crippen LogP) is 2.34. The van der Waals surface area contributed by atoms with Crippen LogP contribution in [0.5, 0.6) is 0 Å². The van der Waals surface area contributed by atoms with Crippen LogP contribution < -0.4 is 0 Å². The minimum atomic E-state index is -0.357. The van der Waals surface area contributed by atoms with Gasteiger partial charge < -0.3 is 4.74 Å². The zero-order valence-corrected chi connectivity index (χ0v) is 8.46. The van der Waals surface area contributed by atoms with E-state index in [0.717, 1.165) is 5.56 Å². The summed E-state index contributed by atoms with van der Waals surface area (Å²) in [5, 5.41) is 0. The fourth-order valence-electron chi connectivity index (χ4n) is 1.88. The van der Waals surface area contributed by atoms with Crippen molar-refractivity contribution in [2.45, 2.75) is 6.10 Å². The molecular formula is C13H9NO2. The van der Waals surface area contributed by atoms with Crippen LogP contribution in [-0.4, -0.2) is 11.0 Å². The largest absolute Gasteiger partial charge is 0.447 e. The van der Waals surface area contributed by atoms with E-state index in [9.17, 15) is 4.79 Å². The molecule has 0 amide bonds. The summed E-state index contributed by atoms with van der Waals surface area (Å²) in [5.74, 6) is -0.294. The van der Waals surface area contributed by atoms with E-state index in [2.05, 4.69) is 4.98 Å². The number of nitrogens with zero attached hydrogens (tertiary/aromatic N) is 1. The first-order valence-electron chi connectivity index (χ1n) is 5.07. The molecule has 1 aromatic heterocycles. The molecule has 78 valence electrons. The lowest BCUT2D eigenvalue weighted by Crippen LogP contribution is -2.01.